The number of hydrogen-bond donors (Lipinski definition) is 1. The molecule has 16 heavy (non-hydrogen) atoms. The average Bonchev–Trinajstić information content (AvgIpc) is 3.01. The molecule has 1 saturated heterocycles. The molecule has 1 saturated carbocycles. The minimum atomic E-state index is 0.599. The van der Waals surface area contributed by atoms with Crippen LogP contribution in [0.15, 0.2) is 0 Å². The van der Waals surface area contributed by atoms with Crippen molar-refractivity contribution in [3.05, 3.63) is 0 Å². The second-order valence-electron chi connectivity index (χ2n) is 5.83. The van der Waals surface area contributed by atoms with Crippen molar-refractivity contribution in [2.75, 3.05) is 33.4 Å². The molecule has 0 aromatic heterocycles. The second-order valence-corrected chi connectivity index (χ2v) is 5.83. The highest BCUT2D eigenvalue weighted by atomic mass is 16.5. The molecule has 0 amide bonds. The monoisotopic (exact) mass is 226 g/mol. The smallest absolute Gasteiger partial charge is 0.0468 e. The molecule has 94 valence electrons. The Kier molecular flexibility index (Phi) is 3.88. The largest absolute Gasteiger partial charge is 0.385 e. The van der Waals surface area contributed by atoms with Gasteiger partial charge in [0.2, 0.25) is 0 Å². The molecule has 1 heterocycles. The van der Waals surface area contributed by atoms with Gasteiger partial charge in [0.15, 0.2) is 0 Å². The van der Waals surface area contributed by atoms with Crippen molar-refractivity contribution in [1.29, 1.82) is 0 Å². The van der Waals surface area contributed by atoms with Crippen LogP contribution in [0.1, 0.15) is 33.1 Å². The lowest BCUT2D eigenvalue weighted by atomic mass is 10.00. The summed E-state index contributed by atoms with van der Waals surface area (Å²) in [5, 5.41) is 3.54. The molecular formula is C13H26N2O. The first-order valence-electron chi connectivity index (χ1n) is 6.62. The van der Waals surface area contributed by atoms with Gasteiger partial charge in [0.1, 0.15) is 0 Å². The number of rotatable bonds is 5. The van der Waals surface area contributed by atoms with E-state index in [4.69, 9.17) is 4.74 Å². The van der Waals surface area contributed by atoms with Crippen molar-refractivity contribution in [3.8, 4) is 0 Å². The zero-order valence-corrected chi connectivity index (χ0v) is 11.0. The first-order chi connectivity index (χ1) is 7.65. The van der Waals surface area contributed by atoms with Crippen molar-refractivity contribution < 1.29 is 4.74 Å². The van der Waals surface area contributed by atoms with Gasteiger partial charge in [-0.15, -0.1) is 0 Å². The molecule has 3 heteroatoms. The number of nitrogens with zero attached hydrogens (tertiary/aromatic N) is 1. The van der Waals surface area contributed by atoms with Gasteiger partial charge in [0, 0.05) is 45.4 Å². The van der Waals surface area contributed by atoms with E-state index in [-0.39, 0.29) is 0 Å². The number of hydrogen-bond acceptors (Lipinski definition) is 3. The molecule has 2 unspecified atom stereocenters. The predicted octanol–water partition coefficient (Wildman–Crippen LogP) is 1.49. The van der Waals surface area contributed by atoms with E-state index in [1.807, 2.05) is 7.11 Å². The molecule has 2 atom stereocenters. The fourth-order valence-corrected chi connectivity index (χ4v) is 2.73. The number of nitrogens with one attached hydrogen (secondary N) is 1. The standard InChI is InChI=1S/C13H26N2O/c1-11-9-15(12(2)8-14-11)10-13(4-5-13)6-7-16-3/h11-12,14H,4-10H2,1-3H3. The summed E-state index contributed by atoms with van der Waals surface area (Å²) in [7, 11) is 1.81. The van der Waals surface area contributed by atoms with Crippen LogP contribution in [-0.4, -0.2) is 50.3 Å². The summed E-state index contributed by atoms with van der Waals surface area (Å²) in [5.41, 5.74) is 0.599. The summed E-state index contributed by atoms with van der Waals surface area (Å²) in [4.78, 5) is 2.67. The summed E-state index contributed by atoms with van der Waals surface area (Å²) in [6, 6.07) is 1.34. The summed E-state index contributed by atoms with van der Waals surface area (Å²) in [6.45, 7) is 9.18. The van der Waals surface area contributed by atoms with Gasteiger partial charge in [-0.3, -0.25) is 4.90 Å². The Morgan fingerprint density at radius 3 is 2.75 bits per heavy atom. The first-order valence-corrected chi connectivity index (χ1v) is 6.62. The lowest BCUT2D eigenvalue weighted by Crippen LogP contribution is -2.55. The van der Waals surface area contributed by atoms with Crippen LogP contribution in [0.5, 0.6) is 0 Å². The maximum absolute atomic E-state index is 5.22. The maximum Gasteiger partial charge on any atom is 0.0468 e. The third-order valence-electron chi connectivity index (χ3n) is 4.23. The van der Waals surface area contributed by atoms with Crippen molar-refractivity contribution >= 4 is 0 Å². The van der Waals surface area contributed by atoms with Gasteiger partial charge in [0.25, 0.3) is 0 Å². The Labute approximate surface area is 99.5 Å². The second kappa shape index (κ2) is 5.03. The average molecular weight is 226 g/mol. The lowest BCUT2D eigenvalue weighted by Gasteiger charge is -2.39. The Bertz CT molecular complexity index is 228. The number of methoxy groups -OCH3 is 1. The molecule has 0 radical (unpaired) electrons. The van der Waals surface area contributed by atoms with Crippen LogP contribution < -0.4 is 5.32 Å². The third kappa shape index (κ3) is 2.96. The van der Waals surface area contributed by atoms with E-state index in [2.05, 4.69) is 24.1 Å². The fraction of sp³-hybridized carbons (Fsp3) is 1.00. The van der Waals surface area contributed by atoms with Crippen LogP contribution in [0, 0.1) is 5.41 Å². The van der Waals surface area contributed by atoms with Crippen LogP contribution >= 0.6 is 0 Å². The van der Waals surface area contributed by atoms with Gasteiger partial charge in [0.05, 0.1) is 0 Å². The first kappa shape index (κ1) is 12.3. The van der Waals surface area contributed by atoms with Gasteiger partial charge < -0.3 is 10.1 Å². The fourth-order valence-electron chi connectivity index (χ4n) is 2.73. The molecule has 2 aliphatic rings. The number of ether oxygens (including phenoxy) is 1. The van der Waals surface area contributed by atoms with Crippen LogP contribution in [0.2, 0.25) is 0 Å². The predicted molar refractivity (Wildman–Crippen MR) is 66.7 cm³/mol. The van der Waals surface area contributed by atoms with Gasteiger partial charge in [-0.05, 0) is 38.5 Å². The molecular weight excluding hydrogens is 200 g/mol. The summed E-state index contributed by atoms with van der Waals surface area (Å²) < 4.78 is 5.22. The van der Waals surface area contributed by atoms with Crippen molar-refractivity contribution in [1.82, 2.24) is 10.2 Å². The van der Waals surface area contributed by atoms with Crippen molar-refractivity contribution in [3.63, 3.8) is 0 Å². The Morgan fingerprint density at radius 1 is 1.38 bits per heavy atom. The molecule has 2 rings (SSSR count). The van der Waals surface area contributed by atoms with Gasteiger partial charge in [-0.25, -0.2) is 0 Å². The highest BCUT2D eigenvalue weighted by Crippen LogP contribution is 2.49. The summed E-state index contributed by atoms with van der Waals surface area (Å²) >= 11 is 0. The van der Waals surface area contributed by atoms with E-state index in [0.29, 0.717) is 17.5 Å². The molecule has 3 nitrogen and oxygen atoms in total. The normalized spacial score (nSPS) is 33.9. The van der Waals surface area contributed by atoms with Gasteiger partial charge in [-0.1, -0.05) is 0 Å². The van der Waals surface area contributed by atoms with Crippen LogP contribution in [0.4, 0.5) is 0 Å². The SMILES string of the molecule is COCCC1(CN2CC(C)NCC2C)CC1. The molecule has 0 bridgehead atoms. The third-order valence-corrected chi connectivity index (χ3v) is 4.23. The molecule has 1 aliphatic carbocycles. The van der Waals surface area contributed by atoms with Crippen LogP contribution in [-0.2, 0) is 4.74 Å². The maximum atomic E-state index is 5.22. The Balaban J connectivity index is 1.83. The molecule has 0 aromatic carbocycles. The van der Waals surface area contributed by atoms with E-state index >= 15 is 0 Å². The summed E-state index contributed by atoms with van der Waals surface area (Å²) in [5.74, 6) is 0. The zero-order chi connectivity index (χ0) is 11.6. The van der Waals surface area contributed by atoms with E-state index in [9.17, 15) is 0 Å². The molecule has 1 aliphatic heterocycles. The molecule has 0 aromatic rings. The molecule has 1 N–H and O–H groups in total. The number of piperazine rings is 1. The quantitative estimate of drug-likeness (QED) is 0.768. The van der Waals surface area contributed by atoms with Gasteiger partial charge in [-0.2, -0.15) is 0 Å². The Morgan fingerprint density at radius 2 is 2.12 bits per heavy atom. The lowest BCUT2D eigenvalue weighted by molar-refractivity contribution is 0.0990. The van der Waals surface area contributed by atoms with Crippen LogP contribution in [0.25, 0.3) is 0 Å². The Hall–Kier alpha value is -0.120. The van der Waals surface area contributed by atoms with Crippen molar-refractivity contribution in [2.45, 2.75) is 45.2 Å². The molecule has 0 spiro atoms. The minimum Gasteiger partial charge on any atom is -0.385 e. The van der Waals surface area contributed by atoms with E-state index in [1.165, 1.54) is 32.4 Å². The van der Waals surface area contributed by atoms with E-state index in [1.54, 1.807) is 0 Å². The highest BCUT2D eigenvalue weighted by Gasteiger charge is 2.44. The van der Waals surface area contributed by atoms with Crippen LogP contribution in [0.3, 0.4) is 0 Å². The van der Waals surface area contributed by atoms with Gasteiger partial charge >= 0.3 is 0 Å². The zero-order valence-electron chi connectivity index (χ0n) is 11.0. The molecule has 2 fully saturated rings. The minimum absolute atomic E-state index is 0.599. The topological polar surface area (TPSA) is 24.5 Å². The highest BCUT2D eigenvalue weighted by molar-refractivity contribution is 4.97. The van der Waals surface area contributed by atoms with E-state index in [0.717, 1.165) is 13.2 Å². The van der Waals surface area contributed by atoms with Crippen molar-refractivity contribution in [2.24, 2.45) is 5.41 Å². The van der Waals surface area contributed by atoms with E-state index < -0.39 is 0 Å². The summed E-state index contributed by atoms with van der Waals surface area (Å²) in [6.07, 6.45) is 4.05.